The Bertz CT molecular complexity index is 971. The number of furan rings is 1. The Balaban J connectivity index is 1.74. The third-order valence-electron chi connectivity index (χ3n) is 4.71. The molecule has 0 bridgehead atoms. The van der Waals surface area contributed by atoms with Gasteiger partial charge in [0.25, 0.3) is 0 Å². The van der Waals surface area contributed by atoms with E-state index in [2.05, 4.69) is 0 Å². The molecule has 0 aliphatic carbocycles. The second-order valence-electron chi connectivity index (χ2n) is 6.49. The maximum absolute atomic E-state index is 13.5. The molecule has 136 valence electrons. The van der Waals surface area contributed by atoms with Gasteiger partial charge in [0.15, 0.2) is 0 Å². The lowest BCUT2D eigenvalue weighted by molar-refractivity contribution is 0.0914. The minimum Gasteiger partial charge on any atom is -0.468 e. The van der Waals surface area contributed by atoms with Crippen molar-refractivity contribution in [2.45, 2.75) is 30.4 Å². The monoisotopic (exact) mass is 371 g/mol. The first kappa shape index (κ1) is 17.3. The average molecular weight is 371 g/mol. The standard InChI is InChI=1S/C20H21NO4S/c22-26(23,20-11-3-7-16-6-1-2-10-19(16)20)21(14-17-8-4-12-24-17)15-18-9-5-13-25-18/h1-4,6-8,10-12,18H,5,9,13-15H2. The molecule has 0 spiro atoms. The van der Waals surface area contributed by atoms with Crippen molar-refractivity contribution in [1.82, 2.24) is 4.31 Å². The molecule has 2 heterocycles. The number of ether oxygens (including phenoxy) is 1. The zero-order valence-corrected chi connectivity index (χ0v) is 15.2. The lowest BCUT2D eigenvalue weighted by Crippen LogP contribution is -2.37. The van der Waals surface area contributed by atoms with Gasteiger partial charge < -0.3 is 9.15 Å². The van der Waals surface area contributed by atoms with Gasteiger partial charge in [0.1, 0.15) is 5.76 Å². The minimum absolute atomic E-state index is 0.0743. The van der Waals surface area contributed by atoms with Crippen LogP contribution < -0.4 is 0 Å². The summed E-state index contributed by atoms with van der Waals surface area (Å²) in [7, 11) is -3.70. The molecule has 1 saturated heterocycles. The van der Waals surface area contributed by atoms with E-state index in [0.717, 1.165) is 23.6 Å². The number of nitrogens with zero attached hydrogens (tertiary/aromatic N) is 1. The van der Waals surface area contributed by atoms with Crippen molar-refractivity contribution in [3.63, 3.8) is 0 Å². The van der Waals surface area contributed by atoms with Crippen LogP contribution >= 0.6 is 0 Å². The predicted molar refractivity (Wildman–Crippen MR) is 99.2 cm³/mol. The molecule has 4 rings (SSSR count). The Morgan fingerprint density at radius 2 is 1.88 bits per heavy atom. The van der Waals surface area contributed by atoms with Crippen molar-refractivity contribution in [2.24, 2.45) is 0 Å². The summed E-state index contributed by atoms with van der Waals surface area (Å²) >= 11 is 0. The first-order valence-electron chi connectivity index (χ1n) is 8.76. The minimum atomic E-state index is -3.70. The Hall–Kier alpha value is -2.15. The zero-order chi connectivity index (χ0) is 18.0. The Morgan fingerprint density at radius 1 is 1.04 bits per heavy atom. The van der Waals surface area contributed by atoms with Crippen LogP contribution in [-0.4, -0.2) is 32.0 Å². The molecule has 1 atom stereocenters. The lowest BCUT2D eigenvalue weighted by Gasteiger charge is -2.24. The number of sulfonamides is 1. The Labute approximate surface area is 153 Å². The molecule has 0 radical (unpaired) electrons. The number of hydrogen-bond donors (Lipinski definition) is 0. The van der Waals surface area contributed by atoms with Crippen LogP contribution in [0.1, 0.15) is 18.6 Å². The summed E-state index contributed by atoms with van der Waals surface area (Å²) in [5.41, 5.74) is 0. The predicted octanol–water partition coefficient (Wildman–Crippen LogP) is 3.80. The summed E-state index contributed by atoms with van der Waals surface area (Å²) in [5.74, 6) is 0.617. The van der Waals surface area contributed by atoms with Crippen LogP contribution in [0.25, 0.3) is 10.8 Å². The van der Waals surface area contributed by atoms with Gasteiger partial charge in [-0.15, -0.1) is 0 Å². The van der Waals surface area contributed by atoms with Crippen molar-refractivity contribution in [1.29, 1.82) is 0 Å². The normalized spacial score (nSPS) is 18.0. The first-order chi connectivity index (χ1) is 12.6. The molecule has 2 aromatic carbocycles. The average Bonchev–Trinajstić information content (AvgIpc) is 3.34. The quantitative estimate of drug-likeness (QED) is 0.661. The van der Waals surface area contributed by atoms with E-state index in [4.69, 9.17) is 9.15 Å². The summed E-state index contributed by atoms with van der Waals surface area (Å²) in [4.78, 5) is 0.320. The van der Waals surface area contributed by atoms with Crippen molar-refractivity contribution >= 4 is 20.8 Å². The fourth-order valence-corrected chi connectivity index (χ4v) is 5.05. The summed E-state index contributed by atoms with van der Waals surface area (Å²) in [5, 5.41) is 1.63. The van der Waals surface area contributed by atoms with Crippen LogP contribution in [-0.2, 0) is 21.3 Å². The van der Waals surface area contributed by atoms with Crippen molar-refractivity contribution in [3.05, 3.63) is 66.6 Å². The van der Waals surface area contributed by atoms with Gasteiger partial charge in [-0.2, -0.15) is 4.31 Å². The molecule has 26 heavy (non-hydrogen) atoms. The second kappa shape index (κ2) is 7.23. The fraction of sp³-hybridized carbons (Fsp3) is 0.300. The SMILES string of the molecule is O=S(=O)(c1cccc2ccccc12)N(Cc1ccco1)CC1CCCO1. The van der Waals surface area contributed by atoms with Gasteiger partial charge in [-0.05, 0) is 36.4 Å². The van der Waals surface area contributed by atoms with Crippen LogP contribution in [0, 0.1) is 0 Å². The van der Waals surface area contributed by atoms with E-state index in [-0.39, 0.29) is 12.6 Å². The molecule has 0 N–H and O–H groups in total. The van der Waals surface area contributed by atoms with Crippen LogP contribution in [0.15, 0.2) is 70.2 Å². The van der Waals surface area contributed by atoms with E-state index in [0.29, 0.717) is 23.8 Å². The molecule has 3 aromatic rings. The molecule has 1 unspecified atom stereocenters. The molecule has 1 aliphatic heterocycles. The van der Waals surface area contributed by atoms with Crippen LogP contribution in [0.3, 0.4) is 0 Å². The van der Waals surface area contributed by atoms with E-state index in [1.807, 2.05) is 30.3 Å². The second-order valence-corrected chi connectivity index (χ2v) is 8.40. The number of benzene rings is 2. The molecule has 1 fully saturated rings. The highest BCUT2D eigenvalue weighted by Gasteiger charge is 2.31. The van der Waals surface area contributed by atoms with Crippen molar-refractivity contribution < 1.29 is 17.6 Å². The van der Waals surface area contributed by atoms with E-state index < -0.39 is 10.0 Å². The first-order valence-corrected chi connectivity index (χ1v) is 10.2. The maximum atomic E-state index is 13.5. The van der Waals surface area contributed by atoms with E-state index in [1.165, 1.54) is 4.31 Å². The van der Waals surface area contributed by atoms with Gasteiger partial charge in [-0.3, -0.25) is 0 Å². The van der Waals surface area contributed by atoms with Crippen LogP contribution in [0.5, 0.6) is 0 Å². The number of rotatable bonds is 6. The third kappa shape index (κ3) is 3.40. The molecule has 5 nitrogen and oxygen atoms in total. The molecular formula is C20H21NO4S. The van der Waals surface area contributed by atoms with Gasteiger partial charge in [-0.1, -0.05) is 36.4 Å². The molecular weight excluding hydrogens is 350 g/mol. The number of fused-ring (bicyclic) bond motifs is 1. The van der Waals surface area contributed by atoms with Crippen LogP contribution in [0.2, 0.25) is 0 Å². The van der Waals surface area contributed by atoms with Gasteiger partial charge >= 0.3 is 0 Å². The van der Waals surface area contributed by atoms with Crippen molar-refractivity contribution in [3.8, 4) is 0 Å². The van der Waals surface area contributed by atoms with Gasteiger partial charge in [0.2, 0.25) is 10.0 Å². The molecule has 6 heteroatoms. The topological polar surface area (TPSA) is 59.8 Å². The lowest BCUT2D eigenvalue weighted by atomic mass is 10.1. The molecule has 0 saturated carbocycles. The smallest absolute Gasteiger partial charge is 0.244 e. The summed E-state index contributed by atoms with van der Waals surface area (Å²) < 4.78 is 39.5. The van der Waals surface area contributed by atoms with Gasteiger partial charge in [0, 0.05) is 18.5 Å². The molecule has 1 aromatic heterocycles. The maximum Gasteiger partial charge on any atom is 0.244 e. The highest BCUT2D eigenvalue weighted by molar-refractivity contribution is 7.89. The fourth-order valence-electron chi connectivity index (χ4n) is 3.40. The molecule has 0 amide bonds. The largest absolute Gasteiger partial charge is 0.468 e. The summed E-state index contributed by atoms with van der Waals surface area (Å²) in [6.07, 6.45) is 3.33. The van der Waals surface area contributed by atoms with E-state index >= 15 is 0 Å². The van der Waals surface area contributed by atoms with Gasteiger partial charge in [0.05, 0.1) is 23.8 Å². The summed E-state index contributed by atoms with van der Waals surface area (Å²) in [6.45, 7) is 1.21. The number of hydrogen-bond acceptors (Lipinski definition) is 4. The Morgan fingerprint density at radius 3 is 2.65 bits per heavy atom. The van der Waals surface area contributed by atoms with Crippen LogP contribution in [0.4, 0.5) is 0 Å². The van der Waals surface area contributed by atoms with E-state index in [9.17, 15) is 8.42 Å². The Kier molecular flexibility index (Phi) is 4.80. The molecule has 1 aliphatic rings. The highest BCUT2D eigenvalue weighted by atomic mass is 32.2. The van der Waals surface area contributed by atoms with Gasteiger partial charge in [-0.25, -0.2) is 8.42 Å². The zero-order valence-electron chi connectivity index (χ0n) is 14.4. The van der Waals surface area contributed by atoms with Crippen molar-refractivity contribution in [2.75, 3.05) is 13.2 Å². The summed E-state index contributed by atoms with van der Waals surface area (Å²) in [6, 6.07) is 16.5. The van der Waals surface area contributed by atoms with E-state index in [1.54, 1.807) is 30.5 Å². The third-order valence-corrected chi connectivity index (χ3v) is 6.58. The highest BCUT2D eigenvalue weighted by Crippen LogP contribution is 2.28.